The highest BCUT2D eigenvalue weighted by molar-refractivity contribution is 7.91. The van der Waals surface area contributed by atoms with Crippen LogP contribution in [0, 0.1) is 17.2 Å². The number of sulfone groups is 1. The Hall–Kier alpha value is -4.09. The Morgan fingerprint density at radius 2 is 1.88 bits per heavy atom. The number of aryl methyl sites for hydroxylation is 1. The maximum atomic E-state index is 15.8. The number of nitrogens with zero attached hydrogens (tertiary/aromatic N) is 1. The third-order valence-corrected chi connectivity index (χ3v) is 13.3. The summed E-state index contributed by atoms with van der Waals surface area (Å²) in [6, 6.07) is 17.8. The number of aromatic amines is 1. The first-order valence-electron chi connectivity index (χ1n) is 16.5. The van der Waals surface area contributed by atoms with E-state index in [1.165, 1.54) is 6.07 Å². The summed E-state index contributed by atoms with van der Waals surface area (Å²) < 4.78 is 63.3. The van der Waals surface area contributed by atoms with Crippen molar-refractivity contribution < 1.29 is 31.3 Å². The lowest BCUT2D eigenvalue weighted by Gasteiger charge is -2.31. The van der Waals surface area contributed by atoms with Crippen molar-refractivity contribution >= 4 is 37.5 Å². The van der Waals surface area contributed by atoms with E-state index in [2.05, 4.69) is 11.9 Å². The summed E-state index contributed by atoms with van der Waals surface area (Å²) in [6.45, 7) is 7.65. The molecule has 2 aromatic heterocycles. The van der Waals surface area contributed by atoms with E-state index in [9.17, 15) is 22.5 Å². The van der Waals surface area contributed by atoms with Gasteiger partial charge in [-0.1, -0.05) is 57.5 Å². The van der Waals surface area contributed by atoms with Gasteiger partial charge in [-0.25, -0.2) is 22.0 Å². The largest absolute Gasteiger partial charge is 0.481 e. The summed E-state index contributed by atoms with van der Waals surface area (Å²) in [5.74, 6) is -2.03. The van der Waals surface area contributed by atoms with E-state index >= 15 is 4.39 Å². The molecule has 1 unspecified atom stereocenters. The Bertz CT molecular complexity index is 2170. The molecule has 0 saturated carbocycles. The molecule has 1 aliphatic rings. The minimum atomic E-state index is -3.59. The minimum Gasteiger partial charge on any atom is -0.481 e. The molecule has 0 fully saturated rings. The van der Waals surface area contributed by atoms with Crippen LogP contribution in [0.25, 0.3) is 22.4 Å². The fourth-order valence-electron chi connectivity index (χ4n) is 7.01. The third-order valence-electron chi connectivity index (χ3n) is 9.75. The number of nitrogens with one attached hydrogen (secondary N) is 1. The molecular weight excluding hydrogens is 664 g/mol. The lowest BCUT2D eigenvalue weighted by Crippen LogP contribution is -2.29. The molecule has 258 valence electrons. The van der Waals surface area contributed by atoms with E-state index in [1.807, 2.05) is 38.1 Å². The number of aromatic nitrogens is 2. The minimum absolute atomic E-state index is 0.0172. The maximum absolute atomic E-state index is 15.8. The fourth-order valence-corrected chi connectivity index (χ4v) is 10.4. The summed E-state index contributed by atoms with van der Waals surface area (Å²) in [7, 11) is -5.57. The smallest absolute Gasteiger partial charge is 0.306 e. The zero-order valence-corrected chi connectivity index (χ0v) is 29.7. The Balaban J connectivity index is 1.48. The van der Waals surface area contributed by atoms with Gasteiger partial charge in [0.1, 0.15) is 12.1 Å². The van der Waals surface area contributed by atoms with Crippen LogP contribution >= 0.6 is 0 Å². The molecule has 0 saturated heterocycles. The molecule has 0 amide bonds. The van der Waals surface area contributed by atoms with E-state index in [1.54, 1.807) is 49.7 Å². The summed E-state index contributed by atoms with van der Waals surface area (Å²) >= 11 is 0. The van der Waals surface area contributed by atoms with Crippen LogP contribution in [-0.2, 0) is 43.7 Å². The lowest BCUT2D eigenvalue weighted by atomic mass is 9.73. The molecule has 11 heteroatoms. The summed E-state index contributed by atoms with van der Waals surface area (Å²) in [5.41, 5.74) is 2.77. The number of carboxylic acid groups (broad SMARTS) is 1. The van der Waals surface area contributed by atoms with Gasteiger partial charge in [0.05, 0.1) is 38.8 Å². The third kappa shape index (κ3) is 7.28. The van der Waals surface area contributed by atoms with Crippen LogP contribution in [0.1, 0.15) is 69.3 Å². The van der Waals surface area contributed by atoms with Crippen LogP contribution in [0.15, 0.2) is 87.3 Å². The monoisotopic (exact) mass is 704 g/mol. The first-order chi connectivity index (χ1) is 23.2. The fraction of sp³-hybridized carbons (Fsp3) is 0.368. The number of hydrogen-bond acceptors (Lipinski definition) is 6. The topological polar surface area (TPSA) is 130 Å². The van der Waals surface area contributed by atoms with Crippen LogP contribution in [0.4, 0.5) is 4.39 Å². The number of benzene rings is 3. The highest BCUT2D eigenvalue weighted by Gasteiger charge is 2.35. The number of fused-ring (bicyclic) bond motifs is 8. The number of carbonyl (C=O) groups is 1. The van der Waals surface area contributed by atoms with Gasteiger partial charge >= 0.3 is 5.97 Å². The van der Waals surface area contributed by atoms with Crippen LogP contribution < -0.4 is 0 Å². The van der Waals surface area contributed by atoms with Crippen molar-refractivity contribution in [2.45, 2.75) is 75.0 Å². The molecule has 3 heterocycles. The van der Waals surface area contributed by atoms with Gasteiger partial charge in [-0.15, -0.1) is 0 Å². The first-order valence-corrected chi connectivity index (χ1v) is 19.4. The standard InChI is InChI=1S/C38H41FN2O6S2/c1-24(36(42)43)18-25-8-5-10-27(19-25)38(4)15-7-14-37(2,3)23-49(45,46)17-13-30-29-12-16-40-32(29)21-31(39)34(30)48(44)28-11-6-9-26(20-28)35-41-33(38)22-47-35/h5-6,8-12,16,19-22,24,40H,7,13-15,17-18,23H2,1-4H3,(H,42,43)/t24-,38+,48?/m0/s1. The van der Waals surface area contributed by atoms with Crippen LogP contribution in [0.5, 0.6) is 0 Å². The predicted molar refractivity (Wildman–Crippen MR) is 188 cm³/mol. The normalized spacial score (nSPS) is 21.7. The zero-order valence-electron chi connectivity index (χ0n) is 28.1. The summed E-state index contributed by atoms with van der Waals surface area (Å²) in [5, 5.41) is 10.2. The van der Waals surface area contributed by atoms with E-state index in [0.717, 1.165) is 11.1 Å². The van der Waals surface area contributed by atoms with Gasteiger partial charge in [0.2, 0.25) is 5.89 Å². The second kappa shape index (κ2) is 13.3. The zero-order chi connectivity index (χ0) is 35.1. The highest BCUT2D eigenvalue weighted by atomic mass is 32.2. The molecular formula is C38H41FN2O6S2. The molecule has 6 rings (SSSR count). The average Bonchev–Trinajstić information content (AvgIpc) is 3.73. The van der Waals surface area contributed by atoms with Gasteiger partial charge in [-0.3, -0.25) is 4.79 Å². The Labute approximate surface area is 288 Å². The van der Waals surface area contributed by atoms with Crippen molar-refractivity contribution in [1.82, 2.24) is 9.97 Å². The first kappa shape index (κ1) is 34.8. The van der Waals surface area contributed by atoms with Gasteiger partial charge in [-0.05, 0) is 85.0 Å². The van der Waals surface area contributed by atoms with Crippen molar-refractivity contribution in [1.29, 1.82) is 0 Å². The molecule has 5 aromatic rings. The van der Waals surface area contributed by atoms with Gasteiger partial charge in [0, 0.05) is 33.0 Å². The van der Waals surface area contributed by atoms with Gasteiger partial charge < -0.3 is 14.5 Å². The number of carboxylic acids is 1. The van der Waals surface area contributed by atoms with Crippen molar-refractivity contribution in [2.24, 2.45) is 11.3 Å². The van der Waals surface area contributed by atoms with Crippen LogP contribution in [0.2, 0.25) is 0 Å². The second-order valence-electron chi connectivity index (χ2n) is 14.3. The second-order valence-corrected chi connectivity index (χ2v) is 17.9. The molecule has 8 nitrogen and oxygen atoms in total. The van der Waals surface area contributed by atoms with Crippen LogP contribution in [0.3, 0.4) is 0 Å². The van der Waals surface area contributed by atoms with Crippen molar-refractivity contribution in [2.75, 3.05) is 11.5 Å². The quantitative estimate of drug-likeness (QED) is 0.195. The maximum Gasteiger partial charge on any atom is 0.306 e. The number of oxazole rings is 1. The predicted octanol–water partition coefficient (Wildman–Crippen LogP) is 7.87. The van der Waals surface area contributed by atoms with E-state index in [4.69, 9.17) is 9.40 Å². The summed E-state index contributed by atoms with van der Waals surface area (Å²) in [4.78, 5) is 19.8. The van der Waals surface area contributed by atoms with E-state index < -0.39 is 49.2 Å². The Morgan fingerprint density at radius 3 is 2.65 bits per heavy atom. The number of aliphatic carboxylic acids is 1. The number of hydrogen-bond donors (Lipinski definition) is 2. The molecule has 3 aromatic carbocycles. The molecule has 0 spiro atoms. The highest BCUT2D eigenvalue weighted by Crippen LogP contribution is 2.40. The van der Waals surface area contributed by atoms with Crippen LogP contribution in [-0.4, -0.2) is 45.2 Å². The van der Waals surface area contributed by atoms with Gasteiger partial charge in [-0.2, -0.15) is 0 Å². The number of halogens is 1. The van der Waals surface area contributed by atoms with Crippen molar-refractivity contribution in [3.63, 3.8) is 0 Å². The van der Waals surface area contributed by atoms with Gasteiger partial charge in [0.25, 0.3) is 0 Å². The molecule has 3 atom stereocenters. The lowest BCUT2D eigenvalue weighted by molar-refractivity contribution is -0.141. The summed E-state index contributed by atoms with van der Waals surface area (Å²) in [6.07, 6.45) is 5.60. The van der Waals surface area contributed by atoms with Gasteiger partial charge in [0.15, 0.2) is 9.84 Å². The molecule has 49 heavy (non-hydrogen) atoms. The molecule has 1 aliphatic heterocycles. The molecule has 0 aliphatic carbocycles. The van der Waals surface area contributed by atoms with Crippen molar-refractivity contribution in [3.05, 3.63) is 101 Å². The number of H-pyrrole nitrogens is 1. The Kier molecular flexibility index (Phi) is 9.45. The van der Waals surface area contributed by atoms with Crippen molar-refractivity contribution in [3.8, 4) is 11.5 Å². The number of rotatable bonds is 4. The molecule has 4 bridgehead atoms. The molecule has 0 radical (unpaired) electrons. The van der Waals surface area contributed by atoms with E-state index in [0.29, 0.717) is 64.2 Å². The SMILES string of the molecule is C[C@@H](Cc1cccc([C@@]2(C)CCCC(C)(C)CS(=O)(=O)CCc3c(c(F)cc4[nH]ccc34)S(=O)c3cccc(c3)-c3nc2co3)c1)C(=O)O. The average molecular weight is 705 g/mol. The molecule has 2 N–H and O–H groups in total. The Morgan fingerprint density at radius 1 is 1.10 bits per heavy atom. The van der Waals surface area contributed by atoms with E-state index in [-0.39, 0.29) is 22.8 Å².